The molecule has 0 aromatic heterocycles. The molecule has 0 aliphatic rings. The quantitative estimate of drug-likeness (QED) is 0.302. The van der Waals surface area contributed by atoms with E-state index in [-0.39, 0.29) is 12.4 Å². The molecule has 0 heterocycles. The van der Waals surface area contributed by atoms with Crippen LogP contribution in [0.15, 0.2) is 0 Å². The summed E-state index contributed by atoms with van der Waals surface area (Å²) < 4.78 is 0. The number of nitriles is 1. The Balaban J connectivity index is 0. The highest BCUT2D eigenvalue weighted by atomic mass is 35.5. The van der Waals surface area contributed by atoms with Gasteiger partial charge in [-0.15, -0.1) is 5.26 Å². The Hall–Kier alpha value is -0.260. The van der Waals surface area contributed by atoms with E-state index in [9.17, 15) is 0 Å². The van der Waals surface area contributed by atoms with E-state index in [1.807, 2.05) is 0 Å². The van der Waals surface area contributed by atoms with E-state index >= 15 is 0 Å². The van der Waals surface area contributed by atoms with Gasteiger partial charge in [0.25, 0.3) is 0 Å². The summed E-state index contributed by atoms with van der Waals surface area (Å²) in [6.45, 7) is 0. The second kappa shape index (κ2) is 9.27. The molecule has 0 radical (unpaired) electrons. The molecule has 0 aliphatic carbocycles. The van der Waals surface area contributed by atoms with Gasteiger partial charge in [-0.1, -0.05) is 0 Å². The summed E-state index contributed by atoms with van der Waals surface area (Å²) in [5, 5.41) is 9.00. The Bertz CT molecular complexity index is 37.4. The van der Waals surface area contributed by atoms with Gasteiger partial charge in [0.05, 0.1) is 7.05 Å². The number of quaternary nitrogens is 1. The van der Waals surface area contributed by atoms with Gasteiger partial charge in [-0.25, -0.2) is 5.32 Å². The van der Waals surface area contributed by atoms with Gasteiger partial charge < -0.3 is 12.4 Å². The lowest BCUT2D eigenvalue weighted by Gasteiger charge is -1.51. The van der Waals surface area contributed by atoms with E-state index in [0.29, 0.717) is 0 Å². The lowest BCUT2D eigenvalue weighted by Crippen LogP contribution is -3.00. The van der Waals surface area contributed by atoms with Crippen molar-refractivity contribution < 1.29 is 17.7 Å². The molecular weight excluding hydrogens is 87.5 g/mol. The first-order chi connectivity index (χ1) is 1.91. The normalized spacial score (nSPS) is 4.00. The second-order valence-electron chi connectivity index (χ2n) is 0.418. The summed E-state index contributed by atoms with van der Waals surface area (Å²) in [4.78, 5) is 0. The first-order valence-corrected chi connectivity index (χ1v) is 1.09. The van der Waals surface area contributed by atoms with Crippen molar-refractivity contribution in [3.8, 4) is 6.19 Å². The standard InChI is InChI=1S/C2H4N2.ClH/c1-4-2-3;/h4H,1H3;1H. The smallest absolute Gasteiger partial charge is 0.304 e. The number of nitrogens with two attached hydrogens (primary N) is 1. The molecule has 0 rings (SSSR count). The maximum absolute atomic E-state index is 7.57. The molecule has 0 aliphatic heterocycles. The fourth-order valence-corrected chi connectivity index (χ4v) is 0. The molecule has 0 spiro atoms. The zero-order chi connectivity index (χ0) is 3.41. The van der Waals surface area contributed by atoms with Gasteiger partial charge in [-0.05, 0) is 0 Å². The Morgan fingerprint density at radius 3 is 2.00 bits per heavy atom. The zero-order valence-electron chi connectivity index (χ0n) is 2.90. The molecule has 30 valence electrons. The number of hydrogen-bond acceptors (Lipinski definition) is 1. The van der Waals surface area contributed by atoms with E-state index in [1.165, 1.54) is 5.32 Å². The molecule has 5 heavy (non-hydrogen) atoms. The van der Waals surface area contributed by atoms with Crippen molar-refractivity contribution in [1.29, 1.82) is 5.26 Å². The lowest BCUT2D eigenvalue weighted by molar-refractivity contribution is -0.537. The lowest BCUT2D eigenvalue weighted by atomic mass is 11.2. The van der Waals surface area contributed by atoms with E-state index in [4.69, 9.17) is 5.26 Å². The molecule has 0 aromatic rings. The Morgan fingerprint density at radius 2 is 2.00 bits per heavy atom. The summed E-state index contributed by atoms with van der Waals surface area (Å²) in [5.41, 5.74) is 0. The van der Waals surface area contributed by atoms with Gasteiger partial charge >= 0.3 is 6.19 Å². The average Bonchev–Trinajstić information content (AvgIpc) is 1.37. The van der Waals surface area contributed by atoms with Gasteiger partial charge in [0.2, 0.25) is 0 Å². The van der Waals surface area contributed by atoms with Crippen LogP contribution in [-0.2, 0) is 0 Å². The van der Waals surface area contributed by atoms with Crippen molar-refractivity contribution in [1.82, 2.24) is 0 Å². The van der Waals surface area contributed by atoms with Gasteiger partial charge in [0.1, 0.15) is 0 Å². The second-order valence-corrected chi connectivity index (χ2v) is 0.418. The first kappa shape index (κ1) is 8.83. The summed E-state index contributed by atoms with van der Waals surface area (Å²) in [6, 6.07) is 0. The number of halogens is 1. The largest absolute Gasteiger partial charge is 1.00 e. The van der Waals surface area contributed by atoms with Gasteiger partial charge in [0, 0.05) is 0 Å². The number of hydrogen-bond donors (Lipinski definition) is 1. The minimum Gasteiger partial charge on any atom is -1.00 e. The Labute approximate surface area is 37.2 Å². The van der Waals surface area contributed by atoms with Gasteiger partial charge in [-0.3, -0.25) is 0 Å². The first-order valence-electron chi connectivity index (χ1n) is 1.09. The van der Waals surface area contributed by atoms with E-state index in [2.05, 4.69) is 0 Å². The molecule has 0 saturated carbocycles. The molecule has 0 atom stereocenters. The highest BCUT2D eigenvalue weighted by Crippen LogP contribution is 0.897. The summed E-state index contributed by atoms with van der Waals surface area (Å²) in [5.74, 6) is 0. The van der Waals surface area contributed by atoms with Crippen LogP contribution in [0.4, 0.5) is 0 Å². The molecule has 2 N–H and O–H groups in total. The van der Waals surface area contributed by atoms with Crippen molar-refractivity contribution in [3.63, 3.8) is 0 Å². The van der Waals surface area contributed by atoms with Gasteiger partial charge in [0.15, 0.2) is 0 Å². The highest BCUT2D eigenvalue weighted by Gasteiger charge is 1.49. The van der Waals surface area contributed by atoms with Crippen LogP contribution in [0.1, 0.15) is 0 Å². The molecule has 0 amide bonds. The van der Waals surface area contributed by atoms with Crippen molar-refractivity contribution in [2.24, 2.45) is 0 Å². The van der Waals surface area contributed by atoms with Crippen LogP contribution in [0.5, 0.6) is 0 Å². The number of rotatable bonds is 0. The molecule has 2 nitrogen and oxygen atoms in total. The zero-order valence-corrected chi connectivity index (χ0v) is 3.66. The summed E-state index contributed by atoms with van der Waals surface area (Å²) in [7, 11) is 1.69. The fourth-order valence-electron chi connectivity index (χ4n) is 0. The predicted octanol–water partition coefficient (Wildman–Crippen LogP) is -4.34. The third kappa shape index (κ3) is 20.7. The monoisotopic (exact) mass is 92.0 g/mol. The minimum absolute atomic E-state index is 0. The SMILES string of the molecule is C[NH2+]C#N.[Cl-]. The molecule has 3 heteroatoms. The predicted molar refractivity (Wildman–Crippen MR) is 13.5 cm³/mol. The molecule has 0 saturated heterocycles. The third-order valence-electron chi connectivity index (χ3n) is 0.129. The average molecular weight is 92.5 g/mol. The van der Waals surface area contributed by atoms with Crippen molar-refractivity contribution >= 4 is 0 Å². The van der Waals surface area contributed by atoms with E-state index in [1.54, 1.807) is 13.2 Å². The van der Waals surface area contributed by atoms with E-state index in [0.717, 1.165) is 0 Å². The Kier molecular flexibility index (Phi) is 16.4. The van der Waals surface area contributed by atoms with Crippen LogP contribution in [-0.4, -0.2) is 7.05 Å². The summed E-state index contributed by atoms with van der Waals surface area (Å²) in [6.07, 6.45) is 1.81. The van der Waals surface area contributed by atoms with Crippen LogP contribution >= 0.6 is 0 Å². The molecular formula is C2H5ClN2. The Morgan fingerprint density at radius 1 is 1.80 bits per heavy atom. The third-order valence-corrected chi connectivity index (χ3v) is 0.129. The van der Waals surface area contributed by atoms with Crippen LogP contribution in [0.3, 0.4) is 0 Å². The maximum atomic E-state index is 7.57. The maximum Gasteiger partial charge on any atom is 0.304 e. The highest BCUT2D eigenvalue weighted by molar-refractivity contribution is 4.29. The van der Waals surface area contributed by atoms with Crippen LogP contribution < -0.4 is 17.7 Å². The van der Waals surface area contributed by atoms with Crippen molar-refractivity contribution in [2.45, 2.75) is 0 Å². The van der Waals surface area contributed by atoms with Crippen molar-refractivity contribution in [2.75, 3.05) is 7.05 Å². The van der Waals surface area contributed by atoms with Crippen LogP contribution in [0, 0.1) is 11.5 Å². The number of nitrogens with zero attached hydrogens (tertiary/aromatic N) is 1. The van der Waals surface area contributed by atoms with E-state index < -0.39 is 0 Å². The molecule has 0 aromatic carbocycles. The van der Waals surface area contributed by atoms with Crippen LogP contribution in [0.25, 0.3) is 0 Å². The molecule has 0 unspecified atom stereocenters. The fraction of sp³-hybridized carbons (Fsp3) is 0.500. The molecule has 0 bridgehead atoms. The summed E-state index contributed by atoms with van der Waals surface area (Å²) >= 11 is 0. The van der Waals surface area contributed by atoms with Crippen LogP contribution in [0.2, 0.25) is 0 Å². The molecule has 0 fully saturated rings. The van der Waals surface area contributed by atoms with Crippen molar-refractivity contribution in [3.05, 3.63) is 0 Å². The van der Waals surface area contributed by atoms with Gasteiger partial charge in [-0.2, -0.15) is 0 Å². The topological polar surface area (TPSA) is 40.4 Å². The minimum atomic E-state index is 0.